The Morgan fingerprint density at radius 3 is 2.08 bits per heavy atom. The number of nitrogens with zero attached hydrogens (tertiary/aromatic N) is 2. The van der Waals surface area contributed by atoms with E-state index in [1.807, 2.05) is 77.9 Å². The smallest absolute Gasteiger partial charge is 0.318 e. The van der Waals surface area contributed by atoms with Gasteiger partial charge in [0.25, 0.3) is 0 Å². The van der Waals surface area contributed by atoms with E-state index in [1.54, 1.807) is 4.90 Å². The topological polar surface area (TPSA) is 93.8 Å². The number of likely N-dealkylation sites (tertiary alicyclic amines) is 1. The van der Waals surface area contributed by atoms with Crippen LogP contribution in [0.2, 0.25) is 0 Å². The van der Waals surface area contributed by atoms with Crippen LogP contribution in [0.25, 0.3) is 0 Å². The van der Waals surface area contributed by atoms with Gasteiger partial charge in [0.2, 0.25) is 11.8 Å². The van der Waals surface area contributed by atoms with Gasteiger partial charge in [-0.1, -0.05) is 50.7 Å². The monoisotopic (exact) mass is 539 g/mol. The fourth-order valence-corrected chi connectivity index (χ4v) is 4.41. The lowest BCUT2D eigenvalue weighted by Crippen LogP contribution is -2.58. The average molecular weight is 540 g/mol. The van der Waals surface area contributed by atoms with E-state index in [4.69, 9.17) is 0 Å². The van der Waals surface area contributed by atoms with Crippen LogP contribution in [0.15, 0.2) is 24.3 Å². The van der Waals surface area contributed by atoms with Gasteiger partial charge in [0.15, 0.2) is 0 Å². The molecular formula is C31H49N5O3. The highest BCUT2D eigenvalue weighted by molar-refractivity contribution is 5.92. The first-order valence-corrected chi connectivity index (χ1v) is 14.2. The number of hydrogen-bond acceptors (Lipinski definition) is 4. The van der Waals surface area contributed by atoms with E-state index in [9.17, 15) is 14.4 Å². The molecule has 216 valence electrons. The van der Waals surface area contributed by atoms with Gasteiger partial charge in [-0.2, -0.15) is 0 Å². The minimum Gasteiger partial charge on any atom is -0.350 e. The van der Waals surface area contributed by atoms with Crippen molar-refractivity contribution in [3.8, 4) is 11.8 Å². The number of nitrogens with one attached hydrogen (secondary N) is 3. The van der Waals surface area contributed by atoms with Crippen molar-refractivity contribution in [2.45, 2.75) is 90.8 Å². The molecule has 0 radical (unpaired) electrons. The van der Waals surface area contributed by atoms with Crippen molar-refractivity contribution < 1.29 is 14.4 Å². The summed E-state index contributed by atoms with van der Waals surface area (Å²) in [6.07, 6.45) is 5.00. The van der Waals surface area contributed by atoms with Crippen LogP contribution in [0, 0.1) is 17.8 Å². The molecule has 0 aromatic heterocycles. The average Bonchev–Trinajstić information content (AvgIpc) is 3.12. The minimum absolute atomic E-state index is 0.188. The zero-order chi connectivity index (χ0) is 29.0. The van der Waals surface area contributed by atoms with Crippen molar-refractivity contribution in [1.29, 1.82) is 0 Å². The van der Waals surface area contributed by atoms with Gasteiger partial charge in [0.1, 0.15) is 12.1 Å². The second kappa shape index (κ2) is 15.5. The maximum atomic E-state index is 13.5. The minimum atomic E-state index is -0.785. The van der Waals surface area contributed by atoms with Crippen LogP contribution in [0.3, 0.4) is 0 Å². The second-order valence-electron chi connectivity index (χ2n) is 12.3. The largest absolute Gasteiger partial charge is 0.350 e. The molecule has 0 saturated carbocycles. The van der Waals surface area contributed by atoms with Gasteiger partial charge >= 0.3 is 6.03 Å². The van der Waals surface area contributed by atoms with Crippen molar-refractivity contribution >= 4 is 17.8 Å². The molecule has 39 heavy (non-hydrogen) atoms. The Kier molecular flexibility index (Phi) is 12.8. The van der Waals surface area contributed by atoms with E-state index in [2.05, 4.69) is 27.8 Å². The molecule has 3 N–H and O–H groups in total. The first kappa shape index (κ1) is 32.2. The standard InChI is InChI=1S/C31H49N5O3/c1-23(2)21-26(33-30(39)36-19-10-8-9-11-20-36)28(37)32-27(29(38)34-31(3,4)5)22-25-16-14-24(15-17-25)13-12-18-35(6)7/h14-17,23,26-27H,8-11,18-22H2,1-7H3,(H,32,37)(H,33,39)(H,34,38)/t26-,27-/m0/s1. The Bertz CT molecular complexity index is 994. The van der Waals surface area contributed by atoms with E-state index in [0.29, 0.717) is 32.5 Å². The SMILES string of the molecule is CC(C)C[C@H](NC(=O)N1CCCCCC1)C(=O)N[C@@H](Cc1ccc(C#CCN(C)C)cc1)C(=O)NC(C)(C)C. The molecule has 1 heterocycles. The van der Waals surface area contributed by atoms with Gasteiger partial charge in [-0.3, -0.25) is 14.5 Å². The zero-order valence-corrected chi connectivity index (χ0v) is 25.0. The van der Waals surface area contributed by atoms with Crippen LogP contribution in [-0.2, 0) is 16.0 Å². The summed E-state index contributed by atoms with van der Waals surface area (Å²) in [5.74, 6) is 5.85. The number of benzene rings is 1. The third kappa shape index (κ3) is 12.6. The van der Waals surface area contributed by atoms with Gasteiger partial charge in [0, 0.05) is 30.6 Å². The van der Waals surface area contributed by atoms with Gasteiger partial charge in [-0.15, -0.1) is 0 Å². The number of rotatable bonds is 9. The predicted octanol–water partition coefficient (Wildman–Crippen LogP) is 3.54. The molecule has 1 aromatic carbocycles. The molecule has 1 saturated heterocycles. The first-order valence-electron chi connectivity index (χ1n) is 14.2. The Morgan fingerprint density at radius 1 is 0.923 bits per heavy atom. The summed E-state index contributed by atoms with van der Waals surface area (Å²) in [7, 11) is 3.95. The summed E-state index contributed by atoms with van der Waals surface area (Å²) < 4.78 is 0. The summed E-state index contributed by atoms with van der Waals surface area (Å²) in [4.78, 5) is 43.6. The molecule has 1 aliphatic heterocycles. The maximum Gasteiger partial charge on any atom is 0.318 e. The molecule has 0 bridgehead atoms. The molecule has 1 aromatic rings. The molecule has 0 spiro atoms. The third-order valence-electron chi connectivity index (χ3n) is 6.37. The lowest BCUT2D eigenvalue weighted by Gasteiger charge is -2.29. The Labute approximate surface area is 235 Å². The summed E-state index contributed by atoms with van der Waals surface area (Å²) in [6, 6.07) is 6.03. The van der Waals surface area contributed by atoms with Crippen LogP contribution in [0.1, 0.15) is 77.8 Å². The Balaban J connectivity index is 2.18. The molecule has 0 aliphatic carbocycles. The maximum absolute atomic E-state index is 13.5. The predicted molar refractivity (Wildman–Crippen MR) is 157 cm³/mol. The van der Waals surface area contributed by atoms with Gasteiger partial charge in [0.05, 0.1) is 6.54 Å². The second-order valence-corrected chi connectivity index (χ2v) is 12.3. The zero-order valence-electron chi connectivity index (χ0n) is 25.0. The molecule has 0 unspecified atom stereocenters. The highest BCUT2D eigenvalue weighted by Gasteiger charge is 2.30. The van der Waals surface area contributed by atoms with E-state index in [-0.39, 0.29) is 23.8 Å². The number of hydrogen-bond donors (Lipinski definition) is 3. The van der Waals surface area contributed by atoms with Crippen LogP contribution >= 0.6 is 0 Å². The van der Waals surface area contributed by atoms with Crippen LogP contribution in [0.5, 0.6) is 0 Å². The highest BCUT2D eigenvalue weighted by atomic mass is 16.2. The van der Waals surface area contributed by atoms with E-state index in [1.165, 1.54) is 0 Å². The van der Waals surface area contributed by atoms with Crippen molar-refractivity contribution in [2.24, 2.45) is 5.92 Å². The molecule has 8 nitrogen and oxygen atoms in total. The van der Waals surface area contributed by atoms with E-state index < -0.39 is 17.6 Å². The molecule has 8 heteroatoms. The lowest BCUT2D eigenvalue weighted by molar-refractivity contribution is -0.130. The number of amides is 4. The highest BCUT2D eigenvalue weighted by Crippen LogP contribution is 2.13. The molecule has 1 aliphatic rings. The molecule has 4 amide bonds. The van der Waals surface area contributed by atoms with Crippen LogP contribution < -0.4 is 16.0 Å². The first-order chi connectivity index (χ1) is 18.3. The van der Waals surface area contributed by atoms with Crippen molar-refractivity contribution in [1.82, 2.24) is 25.8 Å². The summed E-state index contributed by atoms with van der Waals surface area (Å²) in [5, 5.41) is 8.92. The molecular weight excluding hydrogens is 490 g/mol. The quantitative estimate of drug-likeness (QED) is 0.419. The van der Waals surface area contributed by atoms with Gasteiger partial charge in [-0.05, 0) is 77.7 Å². The number of carbonyl (C=O) groups excluding carboxylic acids is 3. The van der Waals surface area contributed by atoms with Crippen molar-refractivity contribution in [2.75, 3.05) is 33.7 Å². The van der Waals surface area contributed by atoms with Gasteiger partial charge in [-0.25, -0.2) is 4.79 Å². The Morgan fingerprint density at radius 2 is 1.54 bits per heavy atom. The van der Waals surface area contributed by atoms with E-state index >= 15 is 0 Å². The molecule has 2 atom stereocenters. The Hall–Kier alpha value is -3.05. The summed E-state index contributed by atoms with van der Waals surface area (Å²) in [6.45, 7) is 11.9. The number of urea groups is 1. The van der Waals surface area contributed by atoms with Crippen LogP contribution in [0.4, 0.5) is 4.79 Å². The summed E-state index contributed by atoms with van der Waals surface area (Å²) >= 11 is 0. The van der Waals surface area contributed by atoms with E-state index in [0.717, 1.165) is 36.8 Å². The summed E-state index contributed by atoms with van der Waals surface area (Å²) in [5.41, 5.74) is 1.36. The fraction of sp³-hybridized carbons (Fsp3) is 0.645. The lowest BCUT2D eigenvalue weighted by atomic mass is 9.99. The fourth-order valence-electron chi connectivity index (χ4n) is 4.41. The molecule has 2 rings (SSSR count). The van der Waals surface area contributed by atoms with Gasteiger partial charge < -0.3 is 20.9 Å². The van der Waals surface area contributed by atoms with Crippen molar-refractivity contribution in [3.05, 3.63) is 35.4 Å². The van der Waals surface area contributed by atoms with Crippen molar-refractivity contribution in [3.63, 3.8) is 0 Å². The molecule has 1 fully saturated rings. The normalized spacial score (nSPS) is 15.6. The third-order valence-corrected chi connectivity index (χ3v) is 6.37. The number of carbonyl (C=O) groups is 3. The van der Waals surface area contributed by atoms with Crippen LogP contribution in [-0.4, -0.2) is 79.0 Å².